The van der Waals surface area contributed by atoms with E-state index in [9.17, 15) is 0 Å². The Kier molecular flexibility index (Phi) is 7.69. The fourth-order valence-electron chi connectivity index (χ4n) is 15.8. The molecule has 0 fully saturated rings. The molecule has 0 radical (unpaired) electrons. The summed E-state index contributed by atoms with van der Waals surface area (Å²) in [5, 5.41) is 13.3. The molecular formula is C70H52B2N2. The first-order valence-electron chi connectivity index (χ1n) is 26.9. The third-order valence-electron chi connectivity index (χ3n) is 19.0. The van der Waals surface area contributed by atoms with Gasteiger partial charge < -0.3 is 9.13 Å². The molecule has 1 unspecified atom stereocenters. The van der Waals surface area contributed by atoms with Crippen LogP contribution in [0.1, 0.15) is 74.9 Å². The zero-order valence-corrected chi connectivity index (χ0v) is 42.7. The highest BCUT2D eigenvalue weighted by Crippen LogP contribution is 2.47. The lowest BCUT2D eigenvalue weighted by Gasteiger charge is -2.44. The maximum atomic E-state index is 2.70. The Labute approximate surface area is 432 Å². The molecule has 4 heteroatoms. The Hall–Kier alpha value is -8.07. The van der Waals surface area contributed by atoms with Crippen LogP contribution in [0.4, 0.5) is 0 Å². The van der Waals surface area contributed by atoms with Crippen LogP contribution in [0.25, 0.3) is 87.3 Å². The standard InChI is InChI=1S/C70H52B2N2/c1-68(2,3)42-29-36-58-51(38-42)50-32-34-55-64-67(50)74(58)65-48-22-12-10-20-45(48)44-19-9-11-21-47(44)62(65)72(64)57-26-16-14-24-53(57)70(55,6)39-40-27-30-46-49-31-33-54-63-66(49)73(60(46)37-40)59-35-28-41-17-7-8-18-43(41)61(59)71(63)56-25-15-13-23-52(56)69(54,4)5/h7-38H,39H2,1-6H3. The van der Waals surface area contributed by atoms with Crippen molar-refractivity contribution < 1.29 is 0 Å². The molecule has 2 nitrogen and oxygen atoms in total. The lowest BCUT2D eigenvalue weighted by Crippen LogP contribution is -2.64. The van der Waals surface area contributed by atoms with E-state index < -0.39 is 0 Å². The second kappa shape index (κ2) is 13.7. The number of hydrogen-bond acceptors (Lipinski definition) is 0. The molecule has 6 heterocycles. The number of hydrogen-bond donors (Lipinski definition) is 0. The molecule has 2 aromatic heterocycles. The Bertz CT molecular complexity index is 4750. The second-order valence-electron chi connectivity index (χ2n) is 24.1. The van der Waals surface area contributed by atoms with E-state index in [0.717, 1.165) is 6.42 Å². The van der Waals surface area contributed by atoms with E-state index in [2.05, 4.69) is 245 Å². The first-order valence-corrected chi connectivity index (χ1v) is 26.9. The van der Waals surface area contributed by atoms with Crippen molar-refractivity contribution in [2.24, 2.45) is 0 Å². The van der Waals surface area contributed by atoms with Gasteiger partial charge in [0.25, 0.3) is 0 Å². The Balaban J connectivity index is 0.946. The summed E-state index contributed by atoms with van der Waals surface area (Å²) < 4.78 is 5.37. The first-order chi connectivity index (χ1) is 36.0. The van der Waals surface area contributed by atoms with Crippen molar-refractivity contribution in [3.63, 3.8) is 0 Å². The van der Waals surface area contributed by atoms with Gasteiger partial charge in [0.05, 0.1) is 11.0 Å². The van der Waals surface area contributed by atoms with Gasteiger partial charge in [-0.05, 0) is 118 Å². The molecule has 348 valence electrons. The van der Waals surface area contributed by atoms with Crippen LogP contribution in [0, 0.1) is 0 Å². The summed E-state index contributed by atoms with van der Waals surface area (Å²) in [6, 6.07) is 75.8. The molecule has 4 aliphatic rings. The Morgan fingerprint density at radius 2 is 1.00 bits per heavy atom. The quantitative estimate of drug-likeness (QED) is 0.121. The molecule has 1 atom stereocenters. The van der Waals surface area contributed by atoms with Crippen molar-refractivity contribution in [2.45, 2.75) is 64.2 Å². The minimum absolute atomic E-state index is 0.0161. The van der Waals surface area contributed by atoms with Gasteiger partial charge in [-0.2, -0.15) is 0 Å². The maximum absolute atomic E-state index is 2.70. The van der Waals surface area contributed by atoms with E-state index in [1.165, 1.54) is 153 Å². The van der Waals surface area contributed by atoms with Gasteiger partial charge in [-0.15, -0.1) is 0 Å². The van der Waals surface area contributed by atoms with Gasteiger partial charge in [0.1, 0.15) is 0 Å². The van der Waals surface area contributed by atoms with E-state index in [1.54, 1.807) is 0 Å². The van der Waals surface area contributed by atoms with Crippen LogP contribution in [0.3, 0.4) is 0 Å². The molecular weight excluding hydrogens is 890 g/mol. The van der Waals surface area contributed by atoms with Crippen LogP contribution >= 0.6 is 0 Å². The van der Waals surface area contributed by atoms with Crippen LogP contribution in [0.5, 0.6) is 0 Å². The molecule has 4 aliphatic heterocycles. The largest absolute Gasteiger partial charge is 0.310 e. The fourth-order valence-corrected chi connectivity index (χ4v) is 15.8. The van der Waals surface area contributed by atoms with Gasteiger partial charge in [0, 0.05) is 60.2 Å². The average Bonchev–Trinajstić information content (AvgIpc) is 3.95. The van der Waals surface area contributed by atoms with Gasteiger partial charge in [0.15, 0.2) is 0 Å². The van der Waals surface area contributed by atoms with E-state index in [4.69, 9.17) is 0 Å². The van der Waals surface area contributed by atoms with E-state index >= 15 is 0 Å². The predicted molar refractivity (Wildman–Crippen MR) is 317 cm³/mol. The van der Waals surface area contributed by atoms with Gasteiger partial charge in [-0.25, -0.2) is 0 Å². The smallest absolute Gasteiger partial charge is 0.248 e. The minimum Gasteiger partial charge on any atom is -0.310 e. The summed E-state index contributed by atoms with van der Waals surface area (Å²) in [7, 11) is 0. The van der Waals surface area contributed by atoms with Crippen LogP contribution in [-0.2, 0) is 22.7 Å². The number of fused-ring (bicyclic) bond motifs is 23. The summed E-state index contributed by atoms with van der Waals surface area (Å²) in [5.74, 6) is 0. The summed E-state index contributed by atoms with van der Waals surface area (Å²) >= 11 is 0. The van der Waals surface area contributed by atoms with E-state index in [0.29, 0.717) is 0 Å². The lowest BCUT2D eigenvalue weighted by molar-refractivity contribution is 0.572. The molecule has 0 spiro atoms. The number of benzene rings is 11. The second-order valence-corrected chi connectivity index (χ2v) is 24.1. The number of nitrogens with zero attached hydrogens (tertiary/aromatic N) is 2. The van der Waals surface area contributed by atoms with Gasteiger partial charge >= 0.3 is 0 Å². The highest BCUT2D eigenvalue weighted by Gasteiger charge is 2.49. The van der Waals surface area contributed by atoms with Crippen LogP contribution in [-0.4, -0.2) is 22.6 Å². The normalized spacial score (nSPS) is 16.7. The van der Waals surface area contributed by atoms with Gasteiger partial charge in [-0.1, -0.05) is 222 Å². The topological polar surface area (TPSA) is 9.86 Å². The molecule has 0 saturated carbocycles. The first kappa shape index (κ1) is 41.4. The Morgan fingerprint density at radius 1 is 0.405 bits per heavy atom. The lowest BCUT2D eigenvalue weighted by atomic mass is 9.29. The van der Waals surface area contributed by atoms with E-state index in [1.807, 2.05) is 0 Å². The fraction of sp³-hybridized carbons (Fsp3) is 0.143. The third kappa shape index (κ3) is 4.92. The van der Waals surface area contributed by atoms with Crippen molar-refractivity contribution >= 4 is 122 Å². The molecule has 0 saturated heterocycles. The number of aromatic nitrogens is 2. The molecule has 0 aliphatic carbocycles. The maximum Gasteiger partial charge on any atom is 0.248 e. The van der Waals surface area contributed by atoms with Gasteiger partial charge in [0.2, 0.25) is 13.4 Å². The van der Waals surface area contributed by atoms with Crippen LogP contribution in [0.15, 0.2) is 194 Å². The SMILES string of the molecule is CC(C)(C)c1ccc2c(c1)c1ccc3c4c1n2-c1c(c2ccccc2c2ccccc12)B4c1ccccc1C3(C)Cc1ccc2c3ccc4c5c3n(c2c1)-c1ccc2ccccc2c1B5c1ccccc1C4(C)C. The van der Waals surface area contributed by atoms with E-state index in [-0.39, 0.29) is 29.7 Å². The summed E-state index contributed by atoms with van der Waals surface area (Å²) in [6.45, 7) is 14.7. The molecule has 11 aromatic carbocycles. The van der Waals surface area contributed by atoms with Gasteiger partial charge in [-0.3, -0.25) is 0 Å². The van der Waals surface area contributed by atoms with Crippen molar-refractivity contribution in [3.8, 4) is 11.4 Å². The summed E-state index contributed by atoms with van der Waals surface area (Å²) in [4.78, 5) is 0. The van der Waals surface area contributed by atoms with Crippen molar-refractivity contribution in [3.05, 3.63) is 228 Å². The summed E-state index contributed by atoms with van der Waals surface area (Å²) in [6.07, 6.45) is 0.859. The molecule has 0 N–H and O–H groups in total. The monoisotopic (exact) mass is 942 g/mol. The zero-order valence-electron chi connectivity index (χ0n) is 42.7. The third-order valence-corrected chi connectivity index (χ3v) is 19.0. The van der Waals surface area contributed by atoms with Crippen molar-refractivity contribution in [1.29, 1.82) is 0 Å². The molecule has 17 rings (SSSR count). The predicted octanol–water partition coefficient (Wildman–Crippen LogP) is 12.8. The highest BCUT2D eigenvalue weighted by atomic mass is 15.0. The molecule has 0 amide bonds. The Morgan fingerprint density at radius 3 is 1.78 bits per heavy atom. The highest BCUT2D eigenvalue weighted by molar-refractivity contribution is 7.01. The zero-order chi connectivity index (χ0) is 49.3. The van der Waals surface area contributed by atoms with Crippen LogP contribution in [0.2, 0.25) is 0 Å². The van der Waals surface area contributed by atoms with Crippen LogP contribution < -0.4 is 32.8 Å². The average molecular weight is 943 g/mol. The molecule has 74 heavy (non-hydrogen) atoms. The molecule has 0 bridgehead atoms. The van der Waals surface area contributed by atoms with Crippen molar-refractivity contribution in [2.75, 3.05) is 0 Å². The minimum atomic E-state index is -0.341. The molecule has 13 aromatic rings. The number of rotatable bonds is 2. The van der Waals surface area contributed by atoms with Crippen molar-refractivity contribution in [1.82, 2.24) is 9.13 Å². The summed E-state index contributed by atoms with van der Waals surface area (Å²) in [5.41, 5.74) is 24.6.